The summed E-state index contributed by atoms with van der Waals surface area (Å²) in [6, 6.07) is 10.4. The highest BCUT2D eigenvalue weighted by molar-refractivity contribution is 6.00. The number of nitrogens with one attached hydrogen (secondary N) is 2. The molecule has 0 fully saturated rings. The van der Waals surface area contributed by atoms with E-state index in [-0.39, 0.29) is 30.4 Å². The van der Waals surface area contributed by atoms with Crippen molar-refractivity contribution in [2.24, 2.45) is 0 Å². The predicted molar refractivity (Wildman–Crippen MR) is 94.1 cm³/mol. The van der Waals surface area contributed by atoms with Gasteiger partial charge >= 0.3 is 0 Å². The number of anilines is 2. The average molecular weight is 342 g/mol. The number of amides is 2. The van der Waals surface area contributed by atoms with Gasteiger partial charge in [-0.3, -0.25) is 14.4 Å². The first-order valence-corrected chi connectivity index (χ1v) is 7.82. The van der Waals surface area contributed by atoms with Crippen LogP contribution in [0.5, 0.6) is 0 Å². The molecule has 0 bridgehead atoms. The van der Waals surface area contributed by atoms with E-state index in [1.165, 1.54) is 31.2 Å². The van der Waals surface area contributed by atoms with Crippen LogP contribution in [0.25, 0.3) is 0 Å². The van der Waals surface area contributed by atoms with Gasteiger partial charge in [0.05, 0.1) is 0 Å². The Morgan fingerprint density at radius 3 is 2.28 bits per heavy atom. The molecular weight excluding hydrogens is 323 g/mol. The molecule has 0 aromatic heterocycles. The number of hydrogen-bond donors (Lipinski definition) is 2. The zero-order chi connectivity index (χ0) is 18.4. The minimum atomic E-state index is -0.413. The molecule has 0 aliphatic heterocycles. The van der Waals surface area contributed by atoms with Gasteiger partial charge in [0.25, 0.3) is 0 Å². The summed E-state index contributed by atoms with van der Waals surface area (Å²) in [6.45, 7) is 3.25. The minimum Gasteiger partial charge on any atom is -0.326 e. The van der Waals surface area contributed by atoms with Gasteiger partial charge in [0, 0.05) is 36.7 Å². The third-order valence-electron chi connectivity index (χ3n) is 3.58. The highest BCUT2D eigenvalue weighted by atomic mass is 19.1. The number of carbonyl (C=O) groups excluding carboxylic acids is 3. The van der Waals surface area contributed by atoms with Crippen molar-refractivity contribution in [2.45, 2.75) is 26.7 Å². The molecule has 0 atom stereocenters. The Labute approximate surface area is 145 Å². The van der Waals surface area contributed by atoms with Gasteiger partial charge in [-0.2, -0.15) is 0 Å². The maximum atomic E-state index is 12.8. The van der Waals surface area contributed by atoms with Crippen molar-refractivity contribution in [1.29, 1.82) is 0 Å². The van der Waals surface area contributed by atoms with E-state index in [9.17, 15) is 18.8 Å². The average Bonchev–Trinajstić information content (AvgIpc) is 2.56. The first-order valence-electron chi connectivity index (χ1n) is 7.82. The topological polar surface area (TPSA) is 75.3 Å². The second kappa shape index (κ2) is 8.19. The van der Waals surface area contributed by atoms with Gasteiger partial charge in [0.2, 0.25) is 11.8 Å². The highest BCUT2D eigenvalue weighted by Gasteiger charge is 2.10. The molecule has 2 aromatic rings. The Balaban J connectivity index is 1.92. The largest absolute Gasteiger partial charge is 0.326 e. The molecule has 130 valence electrons. The van der Waals surface area contributed by atoms with Crippen molar-refractivity contribution in [1.82, 2.24) is 0 Å². The van der Waals surface area contributed by atoms with Crippen LogP contribution in [0.4, 0.5) is 15.8 Å². The van der Waals surface area contributed by atoms with E-state index in [2.05, 4.69) is 10.6 Å². The van der Waals surface area contributed by atoms with Gasteiger partial charge in [0.15, 0.2) is 5.78 Å². The van der Waals surface area contributed by atoms with Gasteiger partial charge in [-0.15, -0.1) is 0 Å². The highest BCUT2D eigenvalue weighted by Crippen LogP contribution is 2.20. The van der Waals surface area contributed by atoms with Crippen molar-refractivity contribution in [2.75, 3.05) is 10.6 Å². The predicted octanol–water partition coefficient (Wildman–Crippen LogP) is 3.69. The van der Waals surface area contributed by atoms with Crippen molar-refractivity contribution >= 4 is 29.0 Å². The summed E-state index contributed by atoms with van der Waals surface area (Å²) < 4.78 is 12.8. The molecule has 0 saturated heterocycles. The van der Waals surface area contributed by atoms with E-state index in [1.54, 1.807) is 18.2 Å². The Hall–Kier alpha value is -3.02. The fourth-order valence-corrected chi connectivity index (χ4v) is 2.25. The van der Waals surface area contributed by atoms with Crippen LogP contribution in [0.1, 0.15) is 35.7 Å². The summed E-state index contributed by atoms with van der Waals surface area (Å²) >= 11 is 0. The molecule has 25 heavy (non-hydrogen) atoms. The lowest BCUT2D eigenvalue weighted by Gasteiger charge is -2.10. The van der Waals surface area contributed by atoms with E-state index in [1.807, 2.05) is 6.92 Å². The van der Waals surface area contributed by atoms with Crippen LogP contribution < -0.4 is 10.6 Å². The Morgan fingerprint density at radius 1 is 0.960 bits per heavy atom. The summed E-state index contributed by atoms with van der Waals surface area (Å²) in [7, 11) is 0. The molecule has 0 aliphatic carbocycles. The van der Waals surface area contributed by atoms with E-state index in [0.717, 1.165) is 5.56 Å². The number of halogens is 1. The number of rotatable bonds is 6. The van der Waals surface area contributed by atoms with Crippen LogP contribution in [-0.4, -0.2) is 17.6 Å². The van der Waals surface area contributed by atoms with Crippen molar-refractivity contribution in [3.8, 4) is 0 Å². The standard InChI is InChI=1S/C19H19FN2O3/c1-12-3-8-16(11-17(12)21-13(2)23)22-19(25)10-9-18(24)14-4-6-15(20)7-5-14/h3-8,11H,9-10H2,1-2H3,(H,21,23)(H,22,25). The quantitative estimate of drug-likeness (QED) is 0.786. The molecule has 0 spiro atoms. The summed E-state index contributed by atoms with van der Waals surface area (Å²) in [5.41, 5.74) is 2.40. The number of benzene rings is 2. The van der Waals surface area contributed by atoms with Gasteiger partial charge in [-0.25, -0.2) is 4.39 Å². The van der Waals surface area contributed by atoms with Crippen molar-refractivity contribution in [3.05, 3.63) is 59.4 Å². The van der Waals surface area contributed by atoms with E-state index >= 15 is 0 Å². The Morgan fingerprint density at radius 2 is 1.64 bits per heavy atom. The maximum absolute atomic E-state index is 12.8. The van der Waals surface area contributed by atoms with E-state index in [4.69, 9.17) is 0 Å². The molecule has 0 radical (unpaired) electrons. The van der Waals surface area contributed by atoms with Crippen LogP contribution in [0, 0.1) is 12.7 Å². The normalized spacial score (nSPS) is 10.2. The van der Waals surface area contributed by atoms with Crippen LogP contribution in [0.3, 0.4) is 0 Å². The zero-order valence-electron chi connectivity index (χ0n) is 14.1. The Bertz CT molecular complexity index is 801. The lowest BCUT2D eigenvalue weighted by Crippen LogP contribution is -2.14. The van der Waals surface area contributed by atoms with Crippen LogP contribution in [0.15, 0.2) is 42.5 Å². The number of aryl methyl sites for hydroxylation is 1. The third kappa shape index (κ3) is 5.53. The fraction of sp³-hybridized carbons (Fsp3) is 0.211. The zero-order valence-corrected chi connectivity index (χ0v) is 14.1. The maximum Gasteiger partial charge on any atom is 0.224 e. The van der Waals surface area contributed by atoms with Crippen LogP contribution >= 0.6 is 0 Å². The first-order chi connectivity index (χ1) is 11.8. The van der Waals surface area contributed by atoms with Crippen LogP contribution in [-0.2, 0) is 9.59 Å². The molecule has 0 heterocycles. The molecule has 2 aromatic carbocycles. The molecule has 0 aliphatic rings. The smallest absolute Gasteiger partial charge is 0.224 e. The number of Topliss-reactive ketones (excluding diaryl/α,β-unsaturated/α-hetero) is 1. The van der Waals surface area contributed by atoms with E-state index < -0.39 is 5.82 Å². The van der Waals surface area contributed by atoms with Crippen LogP contribution in [0.2, 0.25) is 0 Å². The number of carbonyl (C=O) groups is 3. The molecule has 2 rings (SSSR count). The minimum absolute atomic E-state index is 0.0134. The third-order valence-corrected chi connectivity index (χ3v) is 3.58. The fourth-order valence-electron chi connectivity index (χ4n) is 2.25. The van der Waals surface area contributed by atoms with Gasteiger partial charge in [0.1, 0.15) is 5.82 Å². The molecule has 5 nitrogen and oxygen atoms in total. The summed E-state index contributed by atoms with van der Waals surface area (Å²) in [5.74, 6) is -1.15. The number of hydrogen-bond acceptors (Lipinski definition) is 3. The van der Waals surface area contributed by atoms with E-state index in [0.29, 0.717) is 16.9 Å². The summed E-state index contributed by atoms with van der Waals surface area (Å²) in [5, 5.41) is 5.38. The molecule has 0 unspecified atom stereocenters. The first kappa shape index (κ1) is 18.3. The SMILES string of the molecule is CC(=O)Nc1cc(NC(=O)CCC(=O)c2ccc(F)cc2)ccc1C. The molecule has 6 heteroatoms. The lowest BCUT2D eigenvalue weighted by atomic mass is 10.1. The lowest BCUT2D eigenvalue weighted by molar-refractivity contribution is -0.116. The molecular formula is C19H19FN2O3. The van der Waals surface area contributed by atoms with Crippen molar-refractivity contribution < 1.29 is 18.8 Å². The molecule has 0 saturated carbocycles. The summed E-state index contributed by atoms with van der Waals surface area (Å²) in [6.07, 6.45) is 0.0431. The number of ketones is 1. The second-order valence-electron chi connectivity index (χ2n) is 5.69. The summed E-state index contributed by atoms with van der Waals surface area (Å²) in [4.78, 5) is 35.2. The molecule has 2 N–H and O–H groups in total. The molecule has 2 amide bonds. The van der Waals surface area contributed by atoms with Gasteiger partial charge in [-0.1, -0.05) is 6.07 Å². The van der Waals surface area contributed by atoms with Crippen molar-refractivity contribution in [3.63, 3.8) is 0 Å². The van der Waals surface area contributed by atoms with Gasteiger partial charge in [-0.05, 0) is 48.9 Å². The Kier molecular flexibility index (Phi) is 6.00. The van der Waals surface area contributed by atoms with Gasteiger partial charge < -0.3 is 10.6 Å². The second-order valence-corrected chi connectivity index (χ2v) is 5.69. The monoisotopic (exact) mass is 342 g/mol.